The van der Waals surface area contributed by atoms with Crippen LogP contribution in [0.3, 0.4) is 0 Å². The number of rotatable bonds is 6. The van der Waals surface area contributed by atoms with Gasteiger partial charge in [0.2, 0.25) is 5.91 Å². The standard InChI is InChI=1S/C19H22N2O2/c1-3-18(22)20-17-12-10-16(11-13-17)19(23)21(4-2)14-15-8-6-5-7-9-15/h5-13H,3-4,14H2,1-2H3,(H,20,22). The molecule has 0 unspecified atom stereocenters. The van der Waals surface area contributed by atoms with Crippen molar-refractivity contribution in [3.63, 3.8) is 0 Å². The third-order valence-corrected chi connectivity index (χ3v) is 3.62. The summed E-state index contributed by atoms with van der Waals surface area (Å²) in [4.78, 5) is 25.8. The van der Waals surface area contributed by atoms with Crippen molar-refractivity contribution in [2.24, 2.45) is 0 Å². The summed E-state index contributed by atoms with van der Waals surface area (Å²) in [5.74, 6) is -0.0481. The van der Waals surface area contributed by atoms with Crippen molar-refractivity contribution in [3.05, 3.63) is 65.7 Å². The third-order valence-electron chi connectivity index (χ3n) is 3.62. The van der Waals surface area contributed by atoms with Gasteiger partial charge < -0.3 is 10.2 Å². The highest BCUT2D eigenvalue weighted by Gasteiger charge is 2.14. The number of hydrogen-bond donors (Lipinski definition) is 1. The van der Waals surface area contributed by atoms with E-state index >= 15 is 0 Å². The van der Waals surface area contributed by atoms with Crippen LogP contribution >= 0.6 is 0 Å². The van der Waals surface area contributed by atoms with Crippen LogP contribution in [0.15, 0.2) is 54.6 Å². The molecule has 4 heteroatoms. The van der Waals surface area contributed by atoms with Crippen LogP contribution in [0.4, 0.5) is 5.69 Å². The molecule has 0 aliphatic carbocycles. The highest BCUT2D eigenvalue weighted by atomic mass is 16.2. The van der Waals surface area contributed by atoms with E-state index in [2.05, 4.69) is 5.32 Å². The Bertz CT molecular complexity index is 651. The smallest absolute Gasteiger partial charge is 0.254 e. The molecular formula is C19H22N2O2. The zero-order valence-electron chi connectivity index (χ0n) is 13.6. The van der Waals surface area contributed by atoms with Gasteiger partial charge in [-0.3, -0.25) is 9.59 Å². The normalized spacial score (nSPS) is 10.2. The van der Waals surface area contributed by atoms with Gasteiger partial charge in [-0.1, -0.05) is 37.3 Å². The van der Waals surface area contributed by atoms with E-state index in [4.69, 9.17) is 0 Å². The van der Waals surface area contributed by atoms with Gasteiger partial charge in [-0.05, 0) is 36.8 Å². The Morgan fingerprint density at radius 1 is 0.957 bits per heavy atom. The van der Waals surface area contributed by atoms with Gasteiger partial charge in [0.1, 0.15) is 0 Å². The van der Waals surface area contributed by atoms with E-state index in [1.165, 1.54) is 0 Å². The van der Waals surface area contributed by atoms with Crippen LogP contribution < -0.4 is 5.32 Å². The third kappa shape index (κ3) is 4.68. The summed E-state index contributed by atoms with van der Waals surface area (Å²) >= 11 is 0. The van der Waals surface area contributed by atoms with Gasteiger partial charge in [0.25, 0.3) is 5.91 Å². The Morgan fingerprint density at radius 2 is 1.61 bits per heavy atom. The summed E-state index contributed by atoms with van der Waals surface area (Å²) < 4.78 is 0. The molecule has 120 valence electrons. The van der Waals surface area contributed by atoms with Crippen molar-refractivity contribution in [2.45, 2.75) is 26.8 Å². The molecule has 2 amide bonds. The molecule has 0 fully saturated rings. The lowest BCUT2D eigenvalue weighted by Gasteiger charge is -2.21. The Kier molecular flexibility index (Phi) is 5.92. The van der Waals surface area contributed by atoms with Crippen LogP contribution in [0.25, 0.3) is 0 Å². The molecule has 2 aromatic rings. The van der Waals surface area contributed by atoms with Gasteiger partial charge in [-0.25, -0.2) is 0 Å². The first kappa shape index (κ1) is 16.7. The molecule has 1 N–H and O–H groups in total. The second kappa shape index (κ2) is 8.13. The second-order valence-corrected chi connectivity index (χ2v) is 5.28. The van der Waals surface area contributed by atoms with Crippen LogP contribution in [-0.2, 0) is 11.3 Å². The Morgan fingerprint density at radius 3 is 2.17 bits per heavy atom. The summed E-state index contributed by atoms with van der Waals surface area (Å²) in [5, 5.41) is 2.78. The molecule has 0 bridgehead atoms. The summed E-state index contributed by atoms with van der Waals surface area (Å²) in [6.45, 7) is 5.00. The van der Waals surface area contributed by atoms with Crippen LogP contribution in [0, 0.1) is 0 Å². The monoisotopic (exact) mass is 310 g/mol. The van der Waals surface area contributed by atoms with E-state index < -0.39 is 0 Å². The number of anilines is 1. The van der Waals surface area contributed by atoms with E-state index in [1.54, 1.807) is 36.1 Å². The minimum atomic E-state index is -0.0386. The number of nitrogens with one attached hydrogen (secondary N) is 1. The van der Waals surface area contributed by atoms with Crippen molar-refractivity contribution in [2.75, 3.05) is 11.9 Å². The maximum absolute atomic E-state index is 12.6. The molecule has 0 heterocycles. The number of benzene rings is 2. The highest BCUT2D eigenvalue weighted by Crippen LogP contribution is 2.14. The van der Waals surface area contributed by atoms with Gasteiger partial charge in [-0.2, -0.15) is 0 Å². The molecule has 0 saturated heterocycles. The quantitative estimate of drug-likeness (QED) is 0.884. The number of carbonyl (C=O) groups is 2. The first-order chi connectivity index (χ1) is 11.1. The number of amides is 2. The van der Waals surface area contributed by atoms with E-state index in [0.717, 1.165) is 5.56 Å². The van der Waals surface area contributed by atoms with Crippen LogP contribution in [0.2, 0.25) is 0 Å². The molecule has 0 aliphatic rings. The number of nitrogens with zero attached hydrogens (tertiary/aromatic N) is 1. The molecule has 0 aliphatic heterocycles. The van der Waals surface area contributed by atoms with E-state index in [0.29, 0.717) is 30.8 Å². The first-order valence-electron chi connectivity index (χ1n) is 7.87. The summed E-state index contributed by atoms with van der Waals surface area (Å²) in [6, 6.07) is 17.0. The molecule has 0 atom stereocenters. The van der Waals surface area contributed by atoms with E-state index in [-0.39, 0.29) is 11.8 Å². The Hall–Kier alpha value is -2.62. The maximum atomic E-state index is 12.6. The fraction of sp³-hybridized carbons (Fsp3) is 0.263. The van der Waals surface area contributed by atoms with Crippen molar-refractivity contribution < 1.29 is 9.59 Å². The number of carbonyl (C=O) groups excluding carboxylic acids is 2. The predicted molar refractivity (Wildman–Crippen MR) is 92.2 cm³/mol. The molecule has 2 rings (SSSR count). The summed E-state index contributed by atoms with van der Waals surface area (Å²) in [5.41, 5.74) is 2.44. The zero-order valence-corrected chi connectivity index (χ0v) is 13.6. The lowest BCUT2D eigenvalue weighted by Crippen LogP contribution is -2.30. The average Bonchev–Trinajstić information content (AvgIpc) is 2.60. The highest BCUT2D eigenvalue weighted by molar-refractivity contribution is 5.95. The average molecular weight is 310 g/mol. The van der Waals surface area contributed by atoms with Crippen LogP contribution in [-0.4, -0.2) is 23.3 Å². The SMILES string of the molecule is CCC(=O)Nc1ccc(C(=O)N(CC)Cc2ccccc2)cc1. The predicted octanol–water partition coefficient (Wildman–Crippen LogP) is 3.70. The van der Waals surface area contributed by atoms with Crippen LogP contribution in [0.5, 0.6) is 0 Å². The minimum Gasteiger partial charge on any atom is -0.335 e. The lowest BCUT2D eigenvalue weighted by molar-refractivity contribution is -0.115. The fourth-order valence-corrected chi connectivity index (χ4v) is 2.26. The van der Waals surface area contributed by atoms with E-state index in [1.807, 2.05) is 37.3 Å². The van der Waals surface area contributed by atoms with Gasteiger partial charge in [-0.15, -0.1) is 0 Å². The van der Waals surface area contributed by atoms with Gasteiger partial charge in [0.05, 0.1) is 0 Å². The van der Waals surface area contributed by atoms with Gasteiger partial charge >= 0.3 is 0 Å². The number of hydrogen-bond acceptors (Lipinski definition) is 2. The molecule has 0 spiro atoms. The molecule has 0 aromatic heterocycles. The molecule has 4 nitrogen and oxygen atoms in total. The van der Waals surface area contributed by atoms with Crippen LogP contribution in [0.1, 0.15) is 36.2 Å². The zero-order chi connectivity index (χ0) is 16.7. The van der Waals surface area contributed by atoms with Crippen molar-refractivity contribution in [3.8, 4) is 0 Å². The Labute approximate surface area is 137 Å². The summed E-state index contributed by atoms with van der Waals surface area (Å²) in [7, 11) is 0. The van der Waals surface area contributed by atoms with Gasteiger partial charge in [0, 0.05) is 30.8 Å². The van der Waals surface area contributed by atoms with Gasteiger partial charge in [0.15, 0.2) is 0 Å². The topological polar surface area (TPSA) is 49.4 Å². The Balaban J connectivity index is 2.07. The van der Waals surface area contributed by atoms with Crippen molar-refractivity contribution >= 4 is 17.5 Å². The van der Waals surface area contributed by atoms with Crippen molar-refractivity contribution in [1.29, 1.82) is 0 Å². The minimum absolute atomic E-state index is 0.00952. The maximum Gasteiger partial charge on any atom is 0.254 e. The van der Waals surface area contributed by atoms with E-state index in [9.17, 15) is 9.59 Å². The summed E-state index contributed by atoms with van der Waals surface area (Å²) in [6.07, 6.45) is 0.432. The molecule has 2 aromatic carbocycles. The molecule has 23 heavy (non-hydrogen) atoms. The second-order valence-electron chi connectivity index (χ2n) is 5.28. The largest absolute Gasteiger partial charge is 0.335 e. The molecule has 0 saturated carbocycles. The fourth-order valence-electron chi connectivity index (χ4n) is 2.26. The first-order valence-corrected chi connectivity index (χ1v) is 7.87. The lowest BCUT2D eigenvalue weighted by atomic mass is 10.1. The van der Waals surface area contributed by atoms with Crippen molar-refractivity contribution in [1.82, 2.24) is 4.90 Å². The molecule has 0 radical (unpaired) electrons. The molecular weight excluding hydrogens is 288 g/mol.